The number of halogens is 2. The van der Waals surface area contributed by atoms with Crippen LogP contribution in [0.15, 0.2) is 18.2 Å². The van der Waals surface area contributed by atoms with Gasteiger partial charge in [-0.15, -0.1) is 0 Å². The fourth-order valence-corrected chi connectivity index (χ4v) is 2.93. The van der Waals surface area contributed by atoms with Crippen molar-refractivity contribution in [2.45, 2.75) is 44.7 Å². The van der Waals surface area contributed by atoms with E-state index in [9.17, 15) is 0 Å². The van der Waals surface area contributed by atoms with E-state index in [0.29, 0.717) is 0 Å². The highest BCUT2D eigenvalue weighted by molar-refractivity contribution is 6.35. The van der Waals surface area contributed by atoms with Crippen LogP contribution in [0.1, 0.15) is 37.7 Å². The van der Waals surface area contributed by atoms with Crippen molar-refractivity contribution in [2.75, 3.05) is 0 Å². The predicted molar refractivity (Wildman–Crippen MR) is 69.0 cm³/mol. The van der Waals surface area contributed by atoms with Gasteiger partial charge >= 0.3 is 0 Å². The molecule has 1 nitrogen and oxygen atoms in total. The highest BCUT2D eigenvalue weighted by Gasteiger charge is 2.17. The molecule has 1 aliphatic carbocycles. The largest absolute Gasteiger partial charge is 0.340 e. The summed E-state index contributed by atoms with van der Waals surface area (Å²) in [6.45, 7) is 0.906. The zero-order valence-corrected chi connectivity index (χ0v) is 10.9. The third kappa shape index (κ3) is 3.13. The summed E-state index contributed by atoms with van der Waals surface area (Å²) in [5.41, 5.74) is 1.08. The Hall–Kier alpha value is -0.240. The van der Waals surface area contributed by atoms with Crippen LogP contribution in [0.5, 0.6) is 0 Å². The standard InChI is InChI=1S/C13H17Cl2N/c14-12-7-4-8-13(15)11(12)9-16-10-5-2-1-3-6-10/h4,7-8,10,16H,1-3,5-6,9H2/p+1. The Labute approximate surface area is 107 Å². The lowest BCUT2D eigenvalue weighted by Gasteiger charge is -2.20. The van der Waals surface area contributed by atoms with Gasteiger partial charge in [-0.25, -0.2) is 0 Å². The van der Waals surface area contributed by atoms with Crippen LogP contribution in [-0.4, -0.2) is 6.04 Å². The maximum absolute atomic E-state index is 6.14. The molecular formula is C13H18Cl2N+. The lowest BCUT2D eigenvalue weighted by molar-refractivity contribution is -0.706. The summed E-state index contributed by atoms with van der Waals surface area (Å²) in [5.74, 6) is 0. The maximum atomic E-state index is 6.14. The number of quaternary nitrogens is 1. The first kappa shape index (κ1) is 12.2. The minimum Gasteiger partial charge on any atom is -0.340 e. The van der Waals surface area contributed by atoms with Crippen molar-refractivity contribution in [3.05, 3.63) is 33.8 Å². The monoisotopic (exact) mass is 258 g/mol. The fraction of sp³-hybridized carbons (Fsp3) is 0.538. The highest BCUT2D eigenvalue weighted by Crippen LogP contribution is 2.23. The first-order chi connectivity index (χ1) is 7.77. The fourth-order valence-electron chi connectivity index (χ4n) is 2.38. The molecule has 1 fully saturated rings. The molecule has 0 aliphatic heterocycles. The Balaban J connectivity index is 1.93. The molecule has 0 radical (unpaired) electrons. The molecule has 0 saturated heterocycles. The van der Waals surface area contributed by atoms with Gasteiger partial charge in [-0.1, -0.05) is 35.7 Å². The molecule has 88 valence electrons. The number of hydrogen-bond donors (Lipinski definition) is 1. The molecule has 0 spiro atoms. The molecule has 0 aromatic heterocycles. The van der Waals surface area contributed by atoms with Crippen LogP contribution in [0.3, 0.4) is 0 Å². The van der Waals surface area contributed by atoms with Crippen molar-refractivity contribution in [3.8, 4) is 0 Å². The van der Waals surface area contributed by atoms with E-state index >= 15 is 0 Å². The van der Waals surface area contributed by atoms with Gasteiger partial charge in [0.1, 0.15) is 6.54 Å². The second kappa shape index (κ2) is 5.90. The molecule has 0 heterocycles. The molecule has 0 unspecified atom stereocenters. The van der Waals surface area contributed by atoms with Gasteiger partial charge in [-0.3, -0.25) is 0 Å². The third-order valence-electron chi connectivity index (χ3n) is 3.37. The first-order valence-electron chi connectivity index (χ1n) is 6.03. The van der Waals surface area contributed by atoms with Gasteiger partial charge in [0, 0.05) is 5.56 Å². The van der Waals surface area contributed by atoms with E-state index in [1.54, 1.807) is 0 Å². The quantitative estimate of drug-likeness (QED) is 0.856. The Morgan fingerprint density at radius 2 is 1.69 bits per heavy atom. The summed E-state index contributed by atoms with van der Waals surface area (Å²) >= 11 is 12.3. The molecule has 0 atom stereocenters. The van der Waals surface area contributed by atoms with E-state index in [0.717, 1.165) is 28.2 Å². The highest BCUT2D eigenvalue weighted by atomic mass is 35.5. The third-order valence-corrected chi connectivity index (χ3v) is 4.08. The van der Waals surface area contributed by atoms with Gasteiger partial charge in [0.25, 0.3) is 0 Å². The Kier molecular flexibility index (Phi) is 4.51. The molecule has 3 heteroatoms. The van der Waals surface area contributed by atoms with Gasteiger partial charge in [0.05, 0.1) is 16.1 Å². The van der Waals surface area contributed by atoms with Crippen LogP contribution in [-0.2, 0) is 6.54 Å². The number of nitrogens with two attached hydrogens (primary N) is 1. The lowest BCUT2D eigenvalue weighted by atomic mass is 9.95. The SMILES string of the molecule is Clc1cccc(Cl)c1C[NH2+]C1CCCCC1. The molecule has 1 aliphatic rings. The van der Waals surface area contributed by atoms with Crippen LogP contribution in [0.25, 0.3) is 0 Å². The average Bonchev–Trinajstić information content (AvgIpc) is 2.30. The van der Waals surface area contributed by atoms with Crippen molar-refractivity contribution < 1.29 is 5.32 Å². The van der Waals surface area contributed by atoms with Gasteiger partial charge in [-0.2, -0.15) is 0 Å². The Morgan fingerprint density at radius 1 is 1.06 bits per heavy atom. The first-order valence-corrected chi connectivity index (χ1v) is 6.79. The normalized spacial score (nSPS) is 17.6. The number of hydrogen-bond acceptors (Lipinski definition) is 0. The molecule has 1 aromatic rings. The van der Waals surface area contributed by atoms with Crippen LogP contribution in [0.4, 0.5) is 0 Å². The van der Waals surface area contributed by atoms with Gasteiger partial charge in [0.2, 0.25) is 0 Å². The summed E-state index contributed by atoms with van der Waals surface area (Å²) in [4.78, 5) is 0. The lowest BCUT2D eigenvalue weighted by Crippen LogP contribution is -2.88. The van der Waals surface area contributed by atoms with E-state index in [-0.39, 0.29) is 0 Å². The van der Waals surface area contributed by atoms with Crippen molar-refractivity contribution >= 4 is 23.2 Å². The topological polar surface area (TPSA) is 16.6 Å². The van der Waals surface area contributed by atoms with Crippen molar-refractivity contribution in [3.63, 3.8) is 0 Å². The minimum atomic E-state index is 0.765. The summed E-state index contributed by atoms with van der Waals surface area (Å²) in [6, 6.07) is 6.49. The van der Waals surface area contributed by atoms with Crippen molar-refractivity contribution in [2.24, 2.45) is 0 Å². The van der Waals surface area contributed by atoms with Crippen molar-refractivity contribution in [1.82, 2.24) is 0 Å². The smallest absolute Gasteiger partial charge is 0.104 e. The number of benzene rings is 1. The summed E-state index contributed by atoms with van der Waals surface area (Å²) < 4.78 is 0. The average molecular weight is 259 g/mol. The Bertz CT molecular complexity index is 326. The van der Waals surface area contributed by atoms with Crippen LogP contribution >= 0.6 is 23.2 Å². The molecule has 0 bridgehead atoms. The second-order valence-corrected chi connectivity index (χ2v) is 5.35. The minimum absolute atomic E-state index is 0.765. The van der Waals surface area contributed by atoms with Crippen molar-refractivity contribution in [1.29, 1.82) is 0 Å². The molecule has 2 rings (SSSR count). The molecule has 1 saturated carbocycles. The van der Waals surface area contributed by atoms with E-state index in [1.807, 2.05) is 18.2 Å². The molecule has 2 N–H and O–H groups in total. The van der Waals surface area contributed by atoms with E-state index in [2.05, 4.69) is 5.32 Å². The number of rotatable bonds is 3. The molecule has 16 heavy (non-hydrogen) atoms. The zero-order valence-electron chi connectivity index (χ0n) is 9.39. The maximum Gasteiger partial charge on any atom is 0.104 e. The van der Waals surface area contributed by atoms with Crippen LogP contribution < -0.4 is 5.32 Å². The summed E-state index contributed by atoms with van der Waals surface area (Å²) in [7, 11) is 0. The van der Waals surface area contributed by atoms with E-state index in [1.165, 1.54) is 32.1 Å². The van der Waals surface area contributed by atoms with E-state index in [4.69, 9.17) is 23.2 Å². The van der Waals surface area contributed by atoms with Gasteiger partial charge < -0.3 is 5.32 Å². The zero-order chi connectivity index (χ0) is 11.4. The molecule has 0 amide bonds. The summed E-state index contributed by atoms with van der Waals surface area (Å²) in [5, 5.41) is 3.98. The summed E-state index contributed by atoms with van der Waals surface area (Å²) in [6.07, 6.45) is 6.82. The van der Waals surface area contributed by atoms with E-state index < -0.39 is 0 Å². The van der Waals surface area contributed by atoms with Crippen LogP contribution in [0.2, 0.25) is 10.0 Å². The van der Waals surface area contributed by atoms with Gasteiger partial charge in [0.15, 0.2) is 0 Å². The predicted octanol–water partition coefficient (Wildman–Crippen LogP) is 3.39. The molecular weight excluding hydrogens is 241 g/mol. The molecule has 1 aromatic carbocycles. The Morgan fingerprint density at radius 3 is 2.31 bits per heavy atom. The van der Waals surface area contributed by atoms with Crippen LogP contribution in [0, 0.1) is 0 Å². The second-order valence-electron chi connectivity index (χ2n) is 4.54. The van der Waals surface area contributed by atoms with Gasteiger partial charge in [-0.05, 0) is 37.8 Å².